The third-order valence-corrected chi connectivity index (χ3v) is 8.31. The second-order valence-electron chi connectivity index (χ2n) is 8.52. The van der Waals surface area contributed by atoms with E-state index in [1.807, 2.05) is 6.08 Å². The molecule has 0 amide bonds. The smallest absolute Gasteiger partial charge is 0.243 e. The van der Waals surface area contributed by atoms with E-state index in [-0.39, 0.29) is 38.4 Å². The van der Waals surface area contributed by atoms with Crippen LogP contribution in [0.25, 0.3) is 11.8 Å². The van der Waals surface area contributed by atoms with E-state index in [9.17, 15) is 31.1 Å². The molecule has 1 aliphatic carbocycles. The van der Waals surface area contributed by atoms with Crippen LogP contribution >= 0.6 is 0 Å². The largest absolute Gasteiger partial charge is 0.395 e. The molecule has 3 aromatic rings. The van der Waals surface area contributed by atoms with Crippen molar-refractivity contribution in [3.63, 3.8) is 0 Å². The first-order chi connectivity index (χ1) is 16.1. The zero-order valence-electron chi connectivity index (χ0n) is 17.7. The van der Waals surface area contributed by atoms with E-state index in [4.69, 9.17) is 0 Å². The van der Waals surface area contributed by atoms with E-state index in [1.54, 1.807) is 23.0 Å². The number of aromatic nitrogens is 2. The van der Waals surface area contributed by atoms with Crippen LogP contribution in [0.15, 0.2) is 53.1 Å². The van der Waals surface area contributed by atoms with Crippen LogP contribution in [-0.2, 0) is 16.4 Å². The highest BCUT2D eigenvalue weighted by Gasteiger charge is 2.46. The third kappa shape index (κ3) is 3.55. The monoisotopic (exact) mass is 493 g/mol. The third-order valence-electron chi connectivity index (χ3n) is 6.49. The number of halogens is 4. The van der Waals surface area contributed by atoms with Gasteiger partial charge < -0.3 is 5.11 Å². The molecule has 34 heavy (non-hydrogen) atoms. The average Bonchev–Trinajstić information content (AvgIpc) is 3.22. The minimum atomic E-state index is -4.35. The predicted octanol–water partition coefficient (Wildman–Crippen LogP) is 3.44. The molecular formula is C23H19F4N3O3S. The Morgan fingerprint density at radius 3 is 2.38 bits per heavy atom. The summed E-state index contributed by atoms with van der Waals surface area (Å²) < 4.78 is 83.0. The highest BCUT2D eigenvalue weighted by atomic mass is 32.2. The Kier molecular flexibility index (Phi) is 5.38. The van der Waals surface area contributed by atoms with Crippen LogP contribution < -0.4 is 0 Å². The van der Waals surface area contributed by atoms with Crippen molar-refractivity contribution in [1.82, 2.24) is 14.1 Å². The van der Waals surface area contributed by atoms with Crippen LogP contribution in [0.4, 0.5) is 17.6 Å². The molecule has 178 valence electrons. The highest BCUT2D eigenvalue weighted by Crippen LogP contribution is 2.45. The summed E-state index contributed by atoms with van der Waals surface area (Å²) in [6.07, 6.45) is 4.01. The van der Waals surface area contributed by atoms with Gasteiger partial charge in [-0.1, -0.05) is 5.57 Å². The van der Waals surface area contributed by atoms with Crippen LogP contribution in [-0.4, -0.2) is 47.3 Å². The van der Waals surface area contributed by atoms with E-state index in [2.05, 4.69) is 5.10 Å². The van der Waals surface area contributed by atoms with E-state index in [1.165, 1.54) is 12.1 Å². The second-order valence-corrected chi connectivity index (χ2v) is 10.5. The van der Waals surface area contributed by atoms with Gasteiger partial charge in [-0.25, -0.2) is 30.7 Å². The summed E-state index contributed by atoms with van der Waals surface area (Å²) in [7, 11) is -4.35. The van der Waals surface area contributed by atoms with Crippen LogP contribution in [0.3, 0.4) is 0 Å². The van der Waals surface area contributed by atoms with Gasteiger partial charge in [-0.3, -0.25) is 0 Å². The summed E-state index contributed by atoms with van der Waals surface area (Å²) in [6, 6.07) is 6.73. The molecule has 1 atom stereocenters. The van der Waals surface area contributed by atoms with Gasteiger partial charge >= 0.3 is 0 Å². The quantitative estimate of drug-likeness (QED) is 0.447. The van der Waals surface area contributed by atoms with Gasteiger partial charge in [-0.15, -0.1) is 0 Å². The number of nitrogens with zero attached hydrogens (tertiary/aromatic N) is 3. The fraction of sp³-hybridized carbons (Fsp3) is 0.261. The maximum atomic E-state index is 13.7. The Labute approximate surface area is 192 Å². The molecule has 11 heteroatoms. The molecule has 2 aromatic carbocycles. The van der Waals surface area contributed by atoms with Crippen LogP contribution in [0.1, 0.15) is 17.7 Å². The highest BCUT2D eigenvalue weighted by molar-refractivity contribution is 7.89. The molecule has 0 bridgehead atoms. The van der Waals surface area contributed by atoms with Gasteiger partial charge in [0.25, 0.3) is 0 Å². The Morgan fingerprint density at radius 1 is 1.06 bits per heavy atom. The number of benzene rings is 2. The average molecular weight is 493 g/mol. The first-order valence-electron chi connectivity index (χ1n) is 10.4. The minimum Gasteiger partial charge on any atom is -0.395 e. The van der Waals surface area contributed by atoms with E-state index in [0.717, 1.165) is 21.1 Å². The van der Waals surface area contributed by atoms with Gasteiger partial charge in [0.2, 0.25) is 10.0 Å². The number of hydrogen-bond donors (Lipinski definition) is 1. The Balaban J connectivity index is 1.49. The maximum Gasteiger partial charge on any atom is 0.243 e. The molecule has 1 N–H and O–H groups in total. The molecule has 1 saturated heterocycles. The van der Waals surface area contributed by atoms with Crippen molar-refractivity contribution >= 4 is 16.1 Å². The molecule has 0 spiro atoms. The zero-order chi connectivity index (χ0) is 24.3. The van der Waals surface area contributed by atoms with Crippen molar-refractivity contribution in [3.8, 4) is 5.69 Å². The molecule has 2 aliphatic rings. The summed E-state index contributed by atoms with van der Waals surface area (Å²) in [5.74, 6) is -5.31. The normalized spacial score (nSPS) is 20.6. The lowest BCUT2D eigenvalue weighted by molar-refractivity contribution is 0.111. The summed E-state index contributed by atoms with van der Waals surface area (Å²) in [5, 5.41) is 14.7. The molecule has 1 fully saturated rings. The zero-order valence-corrected chi connectivity index (χ0v) is 18.5. The molecular weight excluding hydrogens is 474 g/mol. The van der Waals surface area contributed by atoms with E-state index < -0.39 is 37.8 Å². The minimum absolute atomic E-state index is 0.0105. The summed E-state index contributed by atoms with van der Waals surface area (Å²) >= 11 is 0. The fourth-order valence-electron chi connectivity index (χ4n) is 4.67. The first kappa shape index (κ1) is 22.8. The van der Waals surface area contributed by atoms with Crippen molar-refractivity contribution < 1.29 is 31.1 Å². The number of aliphatic hydroxyl groups is 1. The van der Waals surface area contributed by atoms with Crippen molar-refractivity contribution in [2.45, 2.75) is 17.7 Å². The molecule has 1 aromatic heterocycles. The number of rotatable bonds is 4. The van der Waals surface area contributed by atoms with Crippen molar-refractivity contribution in [3.05, 3.63) is 82.7 Å². The van der Waals surface area contributed by atoms with Crippen molar-refractivity contribution in [2.75, 3.05) is 19.7 Å². The number of fused-ring (bicyclic) bond motifs is 2. The lowest BCUT2D eigenvalue weighted by Crippen LogP contribution is -2.51. The van der Waals surface area contributed by atoms with Gasteiger partial charge in [0, 0.05) is 18.5 Å². The maximum absolute atomic E-state index is 13.7. The topological polar surface area (TPSA) is 75.4 Å². The van der Waals surface area contributed by atoms with Gasteiger partial charge in [-0.2, -0.15) is 9.40 Å². The first-order valence-corrected chi connectivity index (χ1v) is 11.9. The SMILES string of the molecule is O=S(=O)(c1cc(F)c(F)c(F)c1)N1CCC2=Cc3c(cnn3-c3ccc(F)cc3)CC2(CO)C1. The van der Waals surface area contributed by atoms with Crippen molar-refractivity contribution in [2.24, 2.45) is 5.41 Å². The Morgan fingerprint density at radius 2 is 1.74 bits per heavy atom. The lowest BCUT2D eigenvalue weighted by Gasteiger charge is -2.45. The van der Waals surface area contributed by atoms with Crippen LogP contribution in [0.2, 0.25) is 0 Å². The number of piperidine rings is 1. The molecule has 1 unspecified atom stereocenters. The molecule has 0 radical (unpaired) electrons. The molecule has 0 saturated carbocycles. The fourth-order valence-corrected chi connectivity index (χ4v) is 6.22. The number of aliphatic hydroxyl groups excluding tert-OH is 1. The summed E-state index contributed by atoms with van der Waals surface area (Å²) in [6.45, 7) is -0.478. The molecule has 2 heterocycles. The van der Waals surface area contributed by atoms with Gasteiger partial charge in [0.15, 0.2) is 17.5 Å². The predicted molar refractivity (Wildman–Crippen MR) is 114 cm³/mol. The summed E-state index contributed by atoms with van der Waals surface area (Å²) in [4.78, 5) is -0.690. The van der Waals surface area contributed by atoms with Gasteiger partial charge in [-0.05, 0) is 60.9 Å². The van der Waals surface area contributed by atoms with Gasteiger partial charge in [0.1, 0.15) is 5.82 Å². The number of sulfonamides is 1. The standard InChI is InChI=1S/C23H19F4N3O3S/c24-16-1-3-17(4-2-16)30-21-7-15-5-6-29(12-23(15,13-31)10-14(21)11-28-30)34(32,33)18-8-19(25)22(27)20(26)9-18/h1-4,7-9,11,31H,5-6,10,12-13H2. The second kappa shape index (κ2) is 8.03. The molecule has 1 aliphatic heterocycles. The Bertz CT molecular complexity index is 1400. The molecule has 6 nitrogen and oxygen atoms in total. The summed E-state index contributed by atoms with van der Waals surface area (Å²) in [5.41, 5.74) is 2.03. The van der Waals surface area contributed by atoms with Crippen molar-refractivity contribution in [1.29, 1.82) is 0 Å². The van der Waals surface area contributed by atoms with E-state index >= 15 is 0 Å². The lowest BCUT2D eigenvalue weighted by atomic mass is 9.69. The van der Waals surface area contributed by atoms with Crippen LogP contribution in [0, 0.1) is 28.7 Å². The van der Waals surface area contributed by atoms with Gasteiger partial charge in [0.05, 0.1) is 29.1 Å². The van der Waals surface area contributed by atoms with Crippen LogP contribution in [0.5, 0.6) is 0 Å². The Hall–Kier alpha value is -3.02. The molecule has 5 rings (SSSR count). The number of hydrogen-bond acceptors (Lipinski definition) is 4. The van der Waals surface area contributed by atoms with E-state index in [0.29, 0.717) is 17.8 Å².